The van der Waals surface area contributed by atoms with Gasteiger partial charge in [0.15, 0.2) is 0 Å². The van der Waals surface area contributed by atoms with E-state index >= 15 is 0 Å². The third-order valence-electron chi connectivity index (χ3n) is 4.14. The van der Waals surface area contributed by atoms with E-state index in [0.717, 1.165) is 24.2 Å². The number of rotatable bonds is 4. The molecule has 0 radical (unpaired) electrons. The van der Waals surface area contributed by atoms with Gasteiger partial charge in [-0.05, 0) is 41.9 Å². The van der Waals surface area contributed by atoms with E-state index in [1.165, 1.54) is 11.1 Å². The second-order valence-electron chi connectivity index (χ2n) is 5.54. The zero-order chi connectivity index (χ0) is 15.4. The van der Waals surface area contributed by atoms with E-state index in [9.17, 15) is 4.79 Å². The van der Waals surface area contributed by atoms with Crippen molar-refractivity contribution in [2.24, 2.45) is 0 Å². The van der Waals surface area contributed by atoms with Gasteiger partial charge in [0.25, 0.3) is 5.91 Å². The van der Waals surface area contributed by atoms with Crippen LogP contribution in [0.1, 0.15) is 52.5 Å². The third-order valence-corrected chi connectivity index (χ3v) is 5.37. The zero-order valence-electron chi connectivity index (χ0n) is 12.8. The summed E-state index contributed by atoms with van der Waals surface area (Å²) in [6, 6.07) is 18.1. The number of carbonyl (C=O) groups excluding carboxylic acids is 1. The van der Waals surface area contributed by atoms with Crippen molar-refractivity contribution < 1.29 is 4.79 Å². The average molecular weight is 311 g/mol. The molecule has 2 unspecified atom stereocenters. The molecule has 0 bridgehead atoms. The van der Waals surface area contributed by atoms with Crippen molar-refractivity contribution in [2.75, 3.05) is 5.75 Å². The predicted molar refractivity (Wildman–Crippen MR) is 93.2 cm³/mol. The first-order valence-electron chi connectivity index (χ1n) is 7.86. The second-order valence-corrected chi connectivity index (χ2v) is 7.02. The van der Waals surface area contributed by atoms with Gasteiger partial charge in [-0.2, -0.15) is 11.8 Å². The van der Waals surface area contributed by atoms with Crippen LogP contribution in [0.2, 0.25) is 0 Å². The molecule has 2 aromatic carbocycles. The highest BCUT2D eigenvalue weighted by Crippen LogP contribution is 2.43. The minimum atomic E-state index is 0.0157. The van der Waals surface area contributed by atoms with Crippen molar-refractivity contribution in [3.8, 4) is 0 Å². The molecule has 114 valence electrons. The van der Waals surface area contributed by atoms with Gasteiger partial charge in [0.1, 0.15) is 0 Å². The Hall–Kier alpha value is -1.74. The molecular formula is C19H21NOS. The Morgan fingerprint density at radius 3 is 2.45 bits per heavy atom. The van der Waals surface area contributed by atoms with Crippen LogP contribution in [0.3, 0.4) is 0 Å². The molecule has 1 aliphatic carbocycles. The lowest BCUT2D eigenvalue weighted by atomic mass is 9.87. The number of nitrogens with one attached hydrogen (secondary N) is 1. The summed E-state index contributed by atoms with van der Waals surface area (Å²) in [5.74, 6) is 1.14. The van der Waals surface area contributed by atoms with Crippen LogP contribution < -0.4 is 5.32 Å². The van der Waals surface area contributed by atoms with Gasteiger partial charge >= 0.3 is 0 Å². The second kappa shape index (κ2) is 7.01. The van der Waals surface area contributed by atoms with Gasteiger partial charge in [0.05, 0.1) is 6.04 Å². The van der Waals surface area contributed by atoms with Crippen LogP contribution in [-0.4, -0.2) is 11.7 Å². The van der Waals surface area contributed by atoms with Crippen LogP contribution in [0.4, 0.5) is 0 Å². The number of hydrogen-bond donors (Lipinski definition) is 1. The average Bonchev–Trinajstić information content (AvgIpc) is 2.58. The van der Waals surface area contributed by atoms with Gasteiger partial charge in [-0.15, -0.1) is 0 Å². The molecule has 2 atom stereocenters. The summed E-state index contributed by atoms with van der Waals surface area (Å²) in [5, 5.41) is 3.77. The maximum Gasteiger partial charge on any atom is 0.251 e. The molecule has 3 heteroatoms. The molecule has 0 aromatic heterocycles. The number of hydrogen-bond acceptors (Lipinski definition) is 2. The largest absolute Gasteiger partial charge is 0.345 e. The Kier molecular flexibility index (Phi) is 4.84. The van der Waals surface area contributed by atoms with Crippen LogP contribution >= 0.6 is 11.8 Å². The van der Waals surface area contributed by atoms with E-state index in [4.69, 9.17) is 0 Å². The normalized spacial score (nSPS) is 20.2. The van der Waals surface area contributed by atoms with Crippen LogP contribution in [-0.2, 0) is 0 Å². The first-order chi connectivity index (χ1) is 10.8. The Bertz CT molecular complexity index is 641. The number of benzene rings is 2. The summed E-state index contributed by atoms with van der Waals surface area (Å²) in [6.07, 6.45) is 2.13. The highest BCUT2D eigenvalue weighted by atomic mass is 32.2. The fraction of sp³-hybridized carbons (Fsp3) is 0.316. The fourth-order valence-electron chi connectivity index (χ4n) is 3.11. The number of carbonyl (C=O) groups is 1. The molecule has 0 aliphatic heterocycles. The van der Waals surface area contributed by atoms with E-state index in [1.807, 2.05) is 42.1 Å². The highest BCUT2D eigenvalue weighted by molar-refractivity contribution is 7.99. The van der Waals surface area contributed by atoms with Crippen molar-refractivity contribution in [3.05, 3.63) is 71.3 Å². The Labute approximate surface area is 136 Å². The molecule has 2 nitrogen and oxygen atoms in total. The van der Waals surface area contributed by atoms with Gasteiger partial charge in [-0.3, -0.25) is 4.79 Å². The molecule has 0 saturated carbocycles. The summed E-state index contributed by atoms with van der Waals surface area (Å²) >= 11 is 2.00. The summed E-state index contributed by atoms with van der Waals surface area (Å²) in [7, 11) is 0. The molecule has 3 rings (SSSR count). The minimum absolute atomic E-state index is 0.0157. The topological polar surface area (TPSA) is 29.1 Å². The van der Waals surface area contributed by atoms with Gasteiger partial charge in [0, 0.05) is 10.8 Å². The van der Waals surface area contributed by atoms with Crippen molar-refractivity contribution in [1.82, 2.24) is 5.32 Å². The van der Waals surface area contributed by atoms with Crippen LogP contribution in [0, 0.1) is 0 Å². The number of amides is 1. The van der Waals surface area contributed by atoms with Crippen molar-refractivity contribution >= 4 is 17.7 Å². The molecule has 2 aromatic rings. The Morgan fingerprint density at radius 2 is 1.73 bits per heavy atom. The summed E-state index contributed by atoms with van der Waals surface area (Å²) in [4.78, 5) is 12.4. The van der Waals surface area contributed by atoms with Crippen LogP contribution in [0.5, 0.6) is 0 Å². The molecule has 1 N–H and O–H groups in total. The highest BCUT2D eigenvalue weighted by Gasteiger charge is 2.27. The van der Waals surface area contributed by atoms with E-state index in [-0.39, 0.29) is 11.9 Å². The van der Waals surface area contributed by atoms with E-state index in [2.05, 4.69) is 36.5 Å². The maximum absolute atomic E-state index is 12.4. The Balaban J connectivity index is 1.80. The van der Waals surface area contributed by atoms with E-state index < -0.39 is 0 Å². The minimum Gasteiger partial charge on any atom is -0.345 e. The van der Waals surface area contributed by atoms with Gasteiger partial charge in [0.2, 0.25) is 0 Å². The van der Waals surface area contributed by atoms with Gasteiger partial charge < -0.3 is 5.32 Å². The Morgan fingerprint density at radius 1 is 1.05 bits per heavy atom. The molecular weight excluding hydrogens is 290 g/mol. The molecule has 0 fully saturated rings. The smallest absolute Gasteiger partial charge is 0.251 e. The lowest BCUT2D eigenvalue weighted by Gasteiger charge is -2.31. The molecule has 22 heavy (non-hydrogen) atoms. The summed E-state index contributed by atoms with van der Waals surface area (Å²) in [6.45, 7) is 2.20. The van der Waals surface area contributed by atoms with Crippen molar-refractivity contribution in [1.29, 1.82) is 0 Å². The summed E-state index contributed by atoms with van der Waals surface area (Å²) in [5.41, 5.74) is 3.40. The molecule has 1 aliphatic rings. The molecule has 0 heterocycles. The van der Waals surface area contributed by atoms with Crippen molar-refractivity contribution in [2.45, 2.75) is 31.1 Å². The monoisotopic (exact) mass is 311 g/mol. The van der Waals surface area contributed by atoms with E-state index in [0.29, 0.717) is 5.25 Å². The predicted octanol–water partition coefficient (Wildman–Crippen LogP) is 4.75. The molecule has 0 spiro atoms. The molecule has 1 amide bonds. The standard InChI is InChI=1S/C19H21NOS/c1-2-22-18-13-12-17(15-10-6-7-11-16(15)18)20-19(21)14-8-4-3-5-9-14/h3-11,17-18H,2,12-13H2,1H3,(H,20,21). The lowest BCUT2D eigenvalue weighted by Crippen LogP contribution is -2.31. The third kappa shape index (κ3) is 3.20. The maximum atomic E-state index is 12.4. The van der Waals surface area contributed by atoms with Gasteiger partial charge in [-0.25, -0.2) is 0 Å². The van der Waals surface area contributed by atoms with E-state index in [1.54, 1.807) is 0 Å². The number of fused-ring (bicyclic) bond motifs is 1. The van der Waals surface area contributed by atoms with Crippen LogP contribution in [0.25, 0.3) is 0 Å². The first kappa shape index (κ1) is 15.2. The van der Waals surface area contributed by atoms with Gasteiger partial charge in [-0.1, -0.05) is 49.4 Å². The van der Waals surface area contributed by atoms with Crippen LogP contribution in [0.15, 0.2) is 54.6 Å². The lowest BCUT2D eigenvalue weighted by molar-refractivity contribution is 0.0932. The fourth-order valence-corrected chi connectivity index (χ4v) is 4.21. The summed E-state index contributed by atoms with van der Waals surface area (Å²) < 4.78 is 0. The quantitative estimate of drug-likeness (QED) is 0.883. The van der Waals surface area contributed by atoms with Crippen molar-refractivity contribution in [3.63, 3.8) is 0 Å². The number of thioether (sulfide) groups is 1. The SMILES string of the molecule is CCSC1CCC(NC(=O)c2ccccc2)c2ccccc21. The first-order valence-corrected chi connectivity index (χ1v) is 8.90. The molecule has 0 saturated heterocycles. The zero-order valence-corrected chi connectivity index (χ0v) is 13.6.